The van der Waals surface area contributed by atoms with Crippen LogP contribution in [0.2, 0.25) is 5.02 Å². The fourth-order valence-corrected chi connectivity index (χ4v) is 5.33. The molecule has 1 heterocycles. The number of benzene rings is 1. The number of anilines is 1. The van der Waals surface area contributed by atoms with E-state index in [1.807, 2.05) is 0 Å². The van der Waals surface area contributed by atoms with Gasteiger partial charge < -0.3 is 14.8 Å². The smallest absolute Gasteiger partial charge is 0.418 e. The molecule has 252 valence electrons. The zero-order chi connectivity index (χ0) is 33.6. The molecule has 0 bridgehead atoms. The van der Waals surface area contributed by atoms with Crippen LogP contribution in [0.1, 0.15) is 142 Å². The summed E-state index contributed by atoms with van der Waals surface area (Å²) in [7, 11) is 0. The molecule has 0 spiro atoms. The molecule has 0 aromatic heterocycles. The fourth-order valence-electron chi connectivity index (χ4n) is 5.16. The molecule has 1 N–H and O–H groups in total. The fraction of sp³-hybridized carbons (Fsp3) is 0.686. The summed E-state index contributed by atoms with van der Waals surface area (Å²) in [6.07, 6.45) is 16.2. The van der Waals surface area contributed by atoms with Gasteiger partial charge in [0.15, 0.2) is 17.4 Å². The Labute approximate surface area is 274 Å². The van der Waals surface area contributed by atoms with Crippen molar-refractivity contribution in [3.05, 3.63) is 28.8 Å². The quantitative estimate of drug-likeness (QED) is 0.0853. The number of carbonyl (C=O) groups is 5. The Bertz CT molecular complexity index is 1180. The van der Waals surface area contributed by atoms with Crippen molar-refractivity contribution in [1.82, 2.24) is 4.90 Å². The number of amides is 3. The highest BCUT2D eigenvalue weighted by atomic mass is 35.5. The molecule has 0 saturated carbocycles. The molecule has 1 aromatic rings. The van der Waals surface area contributed by atoms with Crippen LogP contribution < -0.4 is 5.32 Å². The summed E-state index contributed by atoms with van der Waals surface area (Å²) >= 11 is 6.30. The van der Waals surface area contributed by atoms with Gasteiger partial charge in [-0.3, -0.25) is 14.4 Å². The lowest BCUT2D eigenvalue weighted by atomic mass is 9.85. The number of hydrogen-bond acceptors (Lipinski definition) is 7. The van der Waals surface area contributed by atoms with E-state index in [0.29, 0.717) is 4.90 Å². The van der Waals surface area contributed by atoms with E-state index in [0.717, 1.165) is 19.3 Å². The number of nitrogens with zero attached hydrogens (tertiary/aromatic N) is 1. The number of unbranched alkanes of at least 4 members (excludes halogenated alkanes) is 13. The third-order valence-corrected chi connectivity index (χ3v) is 8.29. The Kier molecular flexibility index (Phi) is 15.5. The van der Waals surface area contributed by atoms with Crippen LogP contribution in [0.15, 0.2) is 18.2 Å². The second-order valence-electron chi connectivity index (χ2n) is 13.5. The standard InChI is InChI=1S/C35H53ClN2O7/c1-7-8-9-10-11-12-13-14-15-16-17-18-19-20-23-44-31(41)25-21-22-26(36)27(24-25)37-30(40)28(29(39)34(2,3)4)38-32(42)35(5,6)45-33(38)43/h21-22,24,28H,7-20,23H2,1-6H3,(H,37,40). The number of Topliss-reactive ketones (excluding diaryl/α,β-unsaturated/α-hetero) is 1. The zero-order valence-electron chi connectivity index (χ0n) is 28.1. The maximum atomic E-state index is 13.4. The number of ketones is 1. The van der Waals surface area contributed by atoms with Crippen molar-refractivity contribution in [3.63, 3.8) is 0 Å². The van der Waals surface area contributed by atoms with Crippen molar-refractivity contribution in [2.45, 2.75) is 143 Å². The van der Waals surface area contributed by atoms with Gasteiger partial charge in [-0.05, 0) is 38.5 Å². The lowest BCUT2D eigenvalue weighted by molar-refractivity contribution is -0.145. The van der Waals surface area contributed by atoms with E-state index in [1.165, 1.54) is 103 Å². The number of imide groups is 1. The molecule has 1 aliphatic rings. The third-order valence-electron chi connectivity index (χ3n) is 7.96. The first-order chi connectivity index (χ1) is 21.2. The minimum atomic E-state index is -1.79. The molecule has 0 aliphatic carbocycles. The highest BCUT2D eigenvalue weighted by Gasteiger charge is 2.55. The van der Waals surface area contributed by atoms with Crippen molar-refractivity contribution < 1.29 is 33.4 Å². The molecule has 1 aromatic carbocycles. The molecule has 0 radical (unpaired) electrons. The largest absolute Gasteiger partial charge is 0.462 e. The minimum absolute atomic E-state index is 0.0404. The molecule has 45 heavy (non-hydrogen) atoms. The van der Waals surface area contributed by atoms with Gasteiger partial charge in [0.1, 0.15) is 0 Å². The first kappa shape index (κ1) is 38.2. The summed E-state index contributed by atoms with van der Waals surface area (Å²) in [4.78, 5) is 65.5. The third kappa shape index (κ3) is 12.1. The molecule has 10 heteroatoms. The van der Waals surface area contributed by atoms with Gasteiger partial charge in [0.05, 0.1) is 22.9 Å². The molecule has 9 nitrogen and oxygen atoms in total. The van der Waals surface area contributed by atoms with Crippen LogP contribution in [0.5, 0.6) is 0 Å². The predicted molar refractivity (Wildman–Crippen MR) is 176 cm³/mol. The number of halogens is 1. The molecule has 1 atom stereocenters. The molecule has 1 fully saturated rings. The normalized spacial score (nSPS) is 15.1. The molecular weight excluding hydrogens is 596 g/mol. The monoisotopic (exact) mass is 648 g/mol. The first-order valence-corrected chi connectivity index (χ1v) is 17.0. The van der Waals surface area contributed by atoms with Crippen molar-refractivity contribution in [1.29, 1.82) is 0 Å². The predicted octanol–water partition coefficient (Wildman–Crippen LogP) is 8.66. The summed E-state index contributed by atoms with van der Waals surface area (Å²) in [5, 5.41) is 2.63. The molecule has 3 amide bonds. The number of rotatable bonds is 20. The first-order valence-electron chi connectivity index (χ1n) is 16.6. The maximum absolute atomic E-state index is 13.4. The highest BCUT2D eigenvalue weighted by molar-refractivity contribution is 6.34. The van der Waals surface area contributed by atoms with E-state index >= 15 is 0 Å². The van der Waals surface area contributed by atoms with E-state index in [-0.39, 0.29) is 22.9 Å². The lowest BCUT2D eigenvalue weighted by Gasteiger charge is -2.28. The van der Waals surface area contributed by atoms with Crippen LogP contribution in [-0.2, 0) is 23.9 Å². The van der Waals surface area contributed by atoms with Crippen LogP contribution in [0.3, 0.4) is 0 Å². The second kappa shape index (κ2) is 18.3. The van der Waals surface area contributed by atoms with Crippen LogP contribution >= 0.6 is 11.6 Å². The summed E-state index contributed by atoms with van der Waals surface area (Å²) in [6.45, 7) is 10.0. The van der Waals surface area contributed by atoms with Gasteiger partial charge in [-0.25, -0.2) is 14.5 Å². The Morgan fingerprint density at radius 3 is 1.87 bits per heavy atom. The van der Waals surface area contributed by atoms with Gasteiger partial charge in [-0.2, -0.15) is 0 Å². The number of carbonyl (C=O) groups excluding carboxylic acids is 5. The highest BCUT2D eigenvalue weighted by Crippen LogP contribution is 2.31. The van der Waals surface area contributed by atoms with E-state index in [1.54, 1.807) is 20.8 Å². The van der Waals surface area contributed by atoms with Crippen LogP contribution in [0, 0.1) is 5.41 Å². The number of ether oxygens (including phenoxy) is 2. The van der Waals surface area contributed by atoms with Gasteiger partial charge in [0, 0.05) is 5.41 Å². The molecule has 1 aliphatic heterocycles. The van der Waals surface area contributed by atoms with Crippen molar-refractivity contribution in [3.8, 4) is 0 Å². The average molecular weight is 649 g/mol. The Morgan fingerprint density at radius 2 is 1.40 bits per heavy atom. The van der Waals surface area contributed by atoms with E-state index in [2.05, 4.69) is 12.2 Å². The maximum Gasteiger partial charge on any atom is 0.418 e. The van der Waals surface area contributed by atoms with Gasteiger partial charge in [0.2, 0.25) is 0 Å². The molecule has 1 saturated heterocycles. The van der Waals surface area contributed by atoms with Crippen LogP contribution in [-0.4, -0.2) is 52.8 Å². The Morgan fingerprint density at radius 1 is 0.889 bits per heavy atom. The van der Waals surface area contributed by atoms with Gasteiger partial charge in [-0.1, -0.05) is 123 Å². The van der Waals surface area contributed by atoms with E-state index in [4.69, 9.17) is 21.1 Å². The summed E-state index contributed by atoms with van der Waals surface area (Å²) < 4.78 is 10.5. The van der Waals surface area contributed by atoms with Crippen molar-refractivity contribution in [2.24, 2.45) is 5.41 Å². The average Bonchev–Trinajstić information content (AvgIpc) is 3.17. The lowest BCUT2D eigenvalue weighted by Crippen LogP contribution is -2.55. The second-order valence-corrected chi connectivity index (χ2v) is 13.9. The summed E-state index contributed by atoms with van der Waals surface area (Å²) in [5.41, 5.74) is -2.39. The number of hydrogen-bond donors (Lipinski definition) is 1. The van der Waals surface area contributed by atoms with Crippen LogP contribution in [0.4, 0.5) is 10.5 Å². The van der Waals surface area contributed by atoms with E-state index in [9.17, 15) is 24.0 Å². The Balaban J connectivity index is 1.84. The van der Waals surface area contributed by atoms with Gasteiger partial charge in [-0.15, -0.1) is 0 Å². The number of cyclic esters (lactones) is 1. The summed E-state index contributed by atoms with van der Waals surface area (Å²) in [6, 6.07) is 2.46. The number of nitrogens with one attached hydrogen (secondary N) is 1. The van der Waals surface area contributed by atoms with Crippen LogP contribution in [0.25, 0.3) is 0 Å². The topological polar surface area (TPSA) is 119 Å². The van der Waals surface area contributed by atoms with Crippen molar-refractivity contribution >= 4 is 46.9 Å². The zero-order valence-corrected chi connectivity index (χ0v) is 28.9. The van der Waals surface area contributed by atoms with Gasteiger partial charge in [0.25, 0.3) is 11.8 Å². The molecule has 1 unspecified atom stereocenters. The van der Waals surface area contributed by atoms with Crippen molar-refractivity contribution in [2.75, 3.05) is 11.9 Å². The van der Waals surface area contributed by atoms with Gasteiger partial charge >= 0.3 is 12.1 Å². The molecular formula is C35H53ClN2O7. The summed E-state index contributed by atoms with van der Waals surface area (Å²) in [5.74, 6) is -2.99. The molecule has 2 rings (SSSR count). The Hall–Kier alpha value is -2.94. The van der Waals surface area contributed by atoms with E-state index < -0.39 is 46.7 Å². The SMILES string of the molecule is CCCCCCCCCCCCCCCCOC(=O)c1ccc(Cl)c(NC(=O)C(C(=O)C(C)(C)C)N2C(=O)OC(C)(C)C2=O)c1. The minimum Gasteiger partial charge on any atom is -0.462 e. The number of esters is 1.